The third kappa shape index (κ3) is 5.28. The van der Waals surface area contributed by atoms with Crippen LogP contribution in [0.1, 0.15) is 11.1 Å². The monoisotopic (exact) mass is 478 g/mol. The van der Waals surface area contributed by atoms with Crippen molar-refractivity contribution in [1.29, 1.82) is 0 Å². The van der Waals surface area contributed by atoms with Crippen LogP contribution in [0.5, 0.6) is 5.75 Å². The van der Waals surface area contributed by atoms with Gasteiger partial charge in [0.1, 0.15) is 5.75 Å². The number of amides is 2. The number of anilines is 1. The lowest BCUT2D eigenvalue weighted by Gasteiger charge is -2.49. The molecule has 0 radical (unpaired) electrons. The minimum Gasteiger partial charge on any atom is -0.497 e. The van der Waals surface area contributed by atoms with E-state index in [9.17, 15) is 9.59 Å². The zero-order valence-corrected chi connectivity index (χ0v) is 20.3. The average Bonchev–Trinajstić information content (AvgIpc) is 2.92. The van der Waals surface area contributed by atoms with E-state index in [0.717, 1.165) is 30.1 Å². The van der Waals surface area contributed by atoms with Gasteiger partial charge in [-0.25, -0.2) is 0 Å². The standard InChI is InChI=1S/C27H34N4O4/c1-34-22-8-7-21-15-23(27(33)28-17-20-5-3-2-4-6-20)25-18-29(9-10-31(25)24(21)16-22)19-26(32)30-11-13-35-14-12-30/h2-8,16,23,25H,9-15,17-19H2,1H3,(H,28,33). The maximum Gasteiger partial charge on any atom is 0.236 e. The smallest absolute Gasteiger partial charge is 0.236 e. The first-order valence-corrected chi connectivity index (χ1v) is 12.5. The van der Waals surface area contributed by atoms with E-state index in [4.69, 9.17) is 9.47 Å². The van der Waals surface area contributed by atoms with E-state index in [1.54, 1.807) is 7.11 Å². The molecule has 0 spiro atoms. The number of fused-ring (bicyclic) bond motifs is 3. The highest BCUT2D eigenvalue weighted by atomic mass is 16.5. The molecule has 8 heteroatoms. The van der Waals surface area contributed by atoms with Gasteiger partial charge in [0.2, 0.25) is 11.8 Å². The van der Waals surface area contributed by atoms with Crippen LogP contribution < -0.4 is 15.0 Å². The van der Waals surface area contributed by atoms with Crippen LogP contribution in [0.2, 0.25) is 0 Å². The van der Waals surface area contributed by atoms with Crippen LogP contribution in [0.4, 0.5) is 5.69 Å². The molecular formula is C27H34N4O4. The van der Waals surface area contributed by atoms with Gasteiger partial charge in [0.25, 0.3) is 0 Å². The Morgan fingerprint density at radius 1 is 1.06 bits per heavy atom. The van der Waals surface area contributed by atoms with Crippen LogP contribution in [-0.4, -0.2) is 87.2 Å². The van der Waals surface area contributed by atoms with Crippen LogP contribution >= 0.6 is 0 Å². The third-order valence-corrected chi connectivity index (χ3v) is 7.38. The lowest BCUT2D eigenvalue weighted by Crippen LogP contribution is -2.62. The Labute approximate surface area is 206 Å². The van der Waals surface area contributed by atoms with Crippen molar-refractivity contribution < 1.29 is 19.1 Å². The molecule has 0 aromatic heterocycles. The first kappa shape index (κ1) is 23.6. The Morgan fingerprint density at radius 2 is 1.86 bits per heavy atom. The molecule has 3 heterocycles. The Balaban J connectivity index is 1.33. The second kappa shape index (κ2) is 10.7. The molecule has 0 saturated carbocycles. The molecule has 0 aliphatic carbocycles. The first-order chi connectivity index (χ1) is 17.1. The summed E-state index contributed by atoms with van der Waals surface area (Å²) in [6.45, 7) is 5.63. The van der Waals surface area contributed by atoms with Gasteiger partial charge in [-0.2, -0.15) is 0 Å². The van der Waals surface area contributed by atoms with E-state index in [1.807, 2.05) is 41.3 Å². The molecule has 35 heavy (non-hydrogen) atoms. The number of hydrogen-bond donors (Lipinski definition) is 1. The number of carbonyl (C=O) groups is 2. The molecule has 1 N–H and O–H groups in total. The summed E-state index contributed by atoms with van der Waals surface area (Å²) < 4.78 is 10.9. The van der Waals surface area contributed by atoms with Gasteiger partial charge in [0.15, 0.2) is 0 Å². The Bertz CT molecular complexity index is 1040. The zero-order valence-electron chi connectivity index (χ0n) is 20.3. The molecule has 2 saturated heterocycles. The largest absolute Gasteiger partial charge is 0.497 e. The third-order valence-electron chi connectivity index (χ3n) is 7.38. The molecule has 186 valence electrons. The Kier molecular flexibility index (Phi) is 7.20. The number of nitrogens with zero attached hydrogens (tertiary/aromatic N) is 3. The van der Waals surface area contributed by atoms with E-state index < -0.39 is 0 Å². The van der Waals surface area contributed by atoms with Crippen molar-refractivity contribution in [2.75, 3.05) is 64.5 Å². The first-order valence-electron chi connectivity index (χ1n) is 12.5. The lowest BCUT2D eigenvalue weighted by atomic mass is 9.83. The highest BCUT2D eigenvalue weighted by molar-refractivity contribution is 5.82. The van der Waals surface area contributed by atoms with Crippen molar-refractivity contribution in [1.82, 2.24) is 15.1 Å². The molecule has 0 bridgehead atoms. The van der Waals surface area contributed by atoms with Gasteiger partial charge in [-0.15, -0.1) is 0 Å². The van der Waals surface area contributed by atoms with E-state index in [-0.39, 0.29) is 23.8 Å². The number of benzene rings is 2. The second-order valence-electron chi connectivity index (χ2n) is 9.50. The van der Waals surface area contributed by atoms with Crippen molar-refractivity contribution in [3.8, 4) is 5.75 Å². The summed E-state index contributed by atoms with van der Waals surface area (Å²) in [7, 11) is 1.68. The van der Waals surface area contributed by atoms with Crippen molar-refractivity contribution in [3.63, 3.8) is 0 Å². The van der Waals surface area contributed by atoms with Crippen LogP contribution in [0.25, 0.3) is 0 Å². The Hall–Kier alpha value is -3.10. The quantitative estimate of drug-likeness (QED) is 0.679. The number of carbonyl (C=O) groups excluding carboxylic acids is 2. The maximum atomic E-state index is 13.5. The zero-order chi connectivity index (χ0) is 24.2. The van der Waals surface area contributed by atoms with Crippen LogP contribution in [0.15, 0.2) is 48.5 Å². The van der Waals surface area contributed by atoms with E-state index in [0.29, 0.717) is 52.4 Å². The predicted octanol–water partition coefficient (Wildman–Crippen LogP) is 1.53. The number of ether oxygens (including phenoxy) is 2. The SMILES string of the molecule is COc1ccc2c(c1)N1CCN(CC(=O)N3CCOCC3)CC1C(C(=O)NCc1ccccc1)C2. The number of piperazine rings is 1. The fraction of sp³-hybridized carbons (Fsp3) is 0.481. The van der Waals surface area contributed by atoms with Crippen molar-refractivity contribution in [3.05, 3.63) is 59.7 Å². The van der Waals surface area contributed by atoms with Crippen LogP contribution in [-0.2, 0) is 27.3 Å². The summed E-state index contributed by atoms with van der Waals surface area (Å²) in [5.74, 6) is 0.830. The van der Waals surface area contributed by atoms with Gasteiger partial charge in [0, 0.05) is 51.0 Å². The van der Waals surface area contributed by atoms with E-state index in [2.05, 4.69) is 27.2 Å². The molecule has 2 fully saturated rings. The minimum absolute atomic E-state index is 0.00313. The normalized spacial score (nSPS) is 22.2. The number of hydrogen-bond acceptors (Lipinski definition) is 6. The summed E-state index contributed by atoms with van der Waals surface area (Å²) in [4.78, 5) is 32.8. The predicted molar refractivity (Wildman–Crippen MR) is 133 cm³/mol. The highest BCUT2D eigenvalue weighted by Gasteiger charge is 2.42. The summed E-state index contributed by atoms with van der Waals surface area (Å²) >= 11 is 0. The van der Waals surface area contributed by atoms with Gasteiger partial charge in [-0.3, -0.25) is 14.5 Å². The molecule has 8 nitrogen and oxygen atoms in total. The fourth-order valence-corrected chi connectivity index (χ4v) is 5.43. The van der Waals surface area contributed by atoms with Gasteiger partial charge in [0.05, 0.1) is 38.8 Å². The Morgan fingerprint density at radius 3 is 2.63 bits per heavy atom. The van der Waals surface area contributed by atoms with Crippen molar-refractivity contribution >= 4 is 17.5 Å². The topological polar surface area (TPSA) is 74.3 Å². The molecule has 5 rings (SSSR count). The molecule has 2 aromatic rings. The summed E-state index contributed by atoms with van der Waals surface area (Å²) in [6.07, 6.45) is 0.673. The minimum atomic E-state index is -0.194. The number of morpholine rings is 1. The van der Waals surface area contributed by atoms with Gasteiger partial charge in [-0.1, -0.05) is 36.4 Å². The van der Waals surface area contributed by atoms with E-state index >= 15 is 0 Å². The summed E-state index contributed by atoms with van der Waals surface area (Å²) in [5, 5.41) is 3.16. The fourth-order valence-electron chi connectivity index (χ4n) is 5.43. The van der Waals surface area contributed by atoms with Crippen molar-refractivity contribution in [2.24, 2.45) is 5.92 Å². The van der Waals surface area contributed by atoms with E-state index in [1.165, 1.54) is 5.56 Å². The average molecular weight is 479 g/mol. The molecule has 2 aromatic carbocycles. The molecule has 2 unspecified atom stereocenters. The molecule has 3 aliphatic heterocycles. The van der Waals surface area contributed by atoms with Crippen LogP contribution in [0.3, 0.4) is 0 Å². The van der Waals surface area contributed by atoms with Gasteiger partial charge >= 0.3 is 0 Å². The van der Waals surface area contributed by atoms with Crippen molar-refractivity contribution in [2.45, 2.75) is 19.0 Å². The number of nitrogens with one attached hydrogen (secondary N) is 1. The highest BCUT2D eigenvalue weighted by Crippen LogP contribution is 2.38. The molecule has 2 atom stereocenters. The van der Waals surface area contributed by atoms with Gasteiger partial charge < -0.3 is 24.6 Å². The maximum absolute atomic E-state index is 13.5. The number of rotatable bonds is 6. The number of methoxy groups -OCH3 is 1. The molecular weight excluding hydrogens is 444 g/mol. The lowest BCUT2D eigenvalue weighted by molar-refractivity contribution is -0.136. The summed E-state index contributed by atoms with van der Waals surface area (Å²) in [5.41, 5.74) is 3.39. The molecule has 3 aliphatic rings. The van der Waals surface area contributed by atoms with Crippen LogP contribution in [0, 0.1) is 5.92 Å². The van der Waals surface area contributed by atoms with Gasteiger partial charge in [-0.05, 0) is 23.6 Å². The second-order valence-corrected chi connectivity index (χ2v) is 9.50. The molecule has 2 amide bonds. The summed E-state index contributed by atoms with van der Waals surface area (Å²) in [6, 6.07) is 16.1.